The average molecular weight is 1260 g/mol. The normalized spacial score (nSPS) is 16.8. The Kier molecular flexibility index (Phi) is 18.8. The van der Waals surface area contributed by atoms with Crippen molar-refractivity contribution in [3.8, 4) is 0 Å². The van der Waals surface area contributed by atoms with Crippen LogP contribution in [0.3, 0.4) is 0 Å². The van der Waals surface area contributed by atoms with E-state index in [2.05, 4.69) is 0 Å². The third-order valence-corrected chi connectivity index (χ3v) is 9.49. The van der Waals surface area contributed by atoms with Crippen molar-refractivity contribution in [3.05, 3.63) is 0 Å². The summed E-state index contributed by atoms with van der Waals surface area (Å²) < 4.78 is 601. The second-order valence-corrected chi connectivity index (χ2v) is 14.9. The molecule has 1 unspecified atom stereocenters. The minimum atomic E-state index is -9.94. The van der Waals surface area contributed by atoms with Crippen molar-refractivity contribution in [2.45, 2.75) is 131 Å². The summed E-state index contributed by atoms with van der Waals surface area (Å²) >= 11 is 0. The van der Waals surface area contributed by atoms with E-state index < -0.39 is 153 Å². The Bertz CT molecular complexity index is 2210. The fourth-order valence-corrected chi connectivity index (χ4v) is 4.69. The van der Waals surface area contributed by atoms with Crippen LogP contribution in [0.25, 0.3) is 0 Å². The zero-order chi connectivity index (χ0) is 61.4. The van der Waals surface area contributed by atoms with Crippen LogP contribution < -0.4 is 29.6 Å². The van der Waals surface area contributed by atoms with Crippen LogP contribution in [-0.2, 0) is 29.2 Å². The van der Waals surface area contributed by atoms with E-state index in [9.17, 15) is 202 Å². The molecule has 0 bridgehead atoms. The smallest absolute Gasteiger partial charge is 1.00 e. The molecule has 0 aliphatic heterocycles. The molecule has 444 valence electrons. The maximum Gasteiger partial charge on any atom is 1.00 e. The van der Waals surface area contributed by atoms with Crippen molar-refractivity contribution in [3.63, 3.8) is 0 Å². The third-order valence-electron chi connectivity index (χ3n) is 8.41. The van der Waals surface area contributed by atoms with Gasteiger partial charge in [0.1, 0.15) is 0 Å². The van der Waals surface area contributed by atoms with E-state index in [0.29, 0.717) is 0 Å². The number of halogens is 42. The van der Waals surface area contributed by atoms with E-state index in [0.717, 1.165) is 0 Å². The van der Waals surface area contributed by atoms with Gasteiger partial charge in [0.2, 0.25) is 0 Å². The molecule has 1 atom stereocenters. The Balaban J connectivity index is -0.0000266. The molecular weight excluding hydrogens is 1250 g/mol. The predicted octanol–water partition coefficient (Wildman–Crippen LogP) is 9.31. The minimum Gasteiger partial charge on any atom is -1.00 e. The van der Waals surface area contributed by atoms with Gasteiger partial charge in [-0.3, -0.25) is 14.1 Å². The summed E-state index contributed by atoms with van der Waals surface area (Å²) in [5.41, 5.74) is 0. The summed E-state index contributed by atoms with van der Waals surface area (Å²) in [6, 6.07) is 0. The van der Waals surface area contributed by atoms with Crippen LogP contribution >= 0.6 is 0 Å². The largest absolute Gasteiger partial charge is 1.00 e. The summed E-state index contributed by atoms with van der Waals surface area (Å²) in [6.07, 6.45) is -38.5. The molecule has 0 aliphatic carbocycles. The first-order valence-corrected chi connectivity index (χ1v) is 17.0. The Hall–Kier alpha value is -3.09. The molecule has 0 aromatic heterocycles. The van der Waals surface area contributed by atoms with Crippen molar-refractivity contribution in [1.82, 2.24) is 0 Å². The molecule has 0 radical (unpaired) electrons. The number of alkyl halides is 42. The van der Waals surface area contributed by atoms with Gasteiger partial charge in [-0.25, -0.2) is 0 Å². The predicted molar refractivity (Wildman–Crippen MR) is 134 cm³/mol. The molecule has 0 saturated carbocycles. The summed E-state index contributed by atoms with van der Waals surface area (Å²) in [5, 5.41) is -5.49. The van der Waals surface area contributed by atoms with E-state index in [1.54, 1.807) is 9.47 Å². The number of carbonyl (C=O) groups excluding carboxylic acids is 2. The van der Waals surface area contributed by atoms with Gasteiger partial charge in [-0.15, -0.1) is 0 Å². The Labute approximate surface area is 400 Å². The fourth-order valence-electron chi connectivity index (χ4n) is 4.05. The zero-order valence-corrected chi connectivity index (χ0v) is 35.3. The fraction of sp³-hybridized carbons (Fsp3) is 0.917. The van der Waals surface area contributed by atoms with Crippen LogP contribution in [0, 0.1) is 0 Å². The first-order chi connectivity index (χ1) is 31.1. The molecule has 0 heterocycles. The van der Waals surface area contributed by atoms with Gasteiger partial charge in [-0.05, 0) is 0 Å². The number of hydrogen-bond donors (Lipinski definition) is 1. The van der Waals surface area contributed by atoms with Crippen LogP contribution in [0.1, 0.15) is 7.85 Å². The van der Waals surface area contributed by atoms with Crippen LogP contribution in [0.15, 0.2) is 0 Å². The number of rotatable bonds is 22. The molecular formula is C24H5F42NaO7S. The van der Waals surface area contributed by atoms with Gasteiger partial charge in [-0.1, -0.05) is 0 Å². The summed E-state index contributed by atoms with van der Waals surface area (Å²) in [7, 11) is -7.70. The molecule has 0 aromatic carbocycles. The SMILES string of the molecule is O=C(CC(C(=O)OC(F)(F)C(F)(F)C(F)(F)C(F)(F)C(F)(F)C(F)(F)C(F)(F)C(F)(F)C(F)(F)C(F)(F)F)S(=O)(=O)O)OC(F)(F)C(F)(F)C(F)(F)C(F)(F)C(F)(F)C(F)(F)C(F)(F)C(F)(F)C(F)(F)C(F)(F)F.[H-].[Na+]. The van der Waals surface area contributed by atoms with Gasteiger partial charge in [0.25, 0.3) is 10.1 Å². The van der Waals surface area contributed by atoms with Crippen LogP contribution in [0.5, 0.6) is 0 Å². The van der Waals surface area contributed by atoms with E-state index in [4.69, 9.17) is 4.55 Å². The molecule has 51 heteroatoms. The first-order valence-electron chi connectivity index (χ1n) is 15.5. The number of ether oxygens (including phenoxy) is 2. The van der Waals surface area contributed by atoms with E-state index in [-0.39, 0.29) is 31.0 Å². The molecule has 0 aliphatic rings. The zero-order valence-electron chi connectivity index (χ0n) is 33.5. The second kappa shape index (κ2) is 19.0. The second-order valence-electron chi connectivity index (χ2n) is 13.3. The van der Waals surface area contributed by atoms with E-state index in [1.807, 2.05) is 0 Å². The molecule has 0 aromatic rings. The van der Waals surface area contributed by atoms with Crippen LogP contribution in [0.2, 0.25) is 0 Å². The first kappa shape index (κ1) is 74.0. The van der Waals surface area contributed by atoms with Crippen LogP contribution in [-0.4, -0.2) is 149 Å². The molecule has 1 N–H and O–H groups in total. The molecule has 0 spiro atoms. The van der Waals surface area contributed by atoms with Crippen molar-refractivity contribution < 1.29 is 247 Å². The van der Waals surface area contributed by atoms with Crippen molar-refractivity contribution >= 4 is 22.1 Å². The van der Waals surface area contributed by atoms with Gasteiger partial charge >= 0.3 is 161 Å². The standard InChI is InChI=1S/C24H4F42O7S.Na.H/c25-5(26,9(33,34)13(41,42)17(49,50)21(57,58)59)7(29,30)11(37,38)15(45,46)19(53,54)23(63,64)72-3(67)1-2(74(69,70)71)4(68)73-24(65,66)20(55,56)16(47,48)12(39,40)8(31,32)6(27,28)10(35,36)14(43,44)18(51,52)22(60,61)62;;/h2H,1H2,(H,69,70,71);;/q;+1;-1. The van der Waals surface area contributed by atoms with Crippen molar-refractivity contribution in [2.24, 2.45) is 0 Å². The number of esters is 2. The molecule has 75 heavy (non-hydrogen) atoms. The molecule has 0 fully saturated rings. The third kappa shape index (κ3) is 10.1. The summed E-state index contributed by atoms with van der Waals surface area (Å²) in [5.74, 6) is -163. The number of carbonyl (C=O) groups is 2. The van der Waals surface area contributed by atoms with E-state index >= 15 is 0 Å². The maximum absolute atomic E-state index is 14.1. The van der Waals surface area contributed by atoms with Gasteiger partial charge < -0.3 is 10.9 Å². The summed E-state index contributed by atoms with van der Waals surface area (Å²) in [6.45, 7) is 0. The van der Waals surface area contributed by atoms with Gasteiger partial charge in [-0.2, -0.15) is 193 Å². The molecule has 0 rings (SSSR count). The van der Waals surface area contributed by atoms with Crippen molar-refractivity contribution in [2.75, 3.05) is 0 Å². The number of hydrogen-bond acceptors (Lipinski definition) is 6. The maximum atomic E-state index is 14.1. The van der Waals surface area contributed by atoms with Gasteiger partial charge in [0, 0.05) is 0 Å². The quantitative estimate of drug-likeness (QED) is 0.0499. The Morgan fingerprint density at radius 2 is 0.480 bits per heavy atom. The van der Waals surface area contributed by atoms with Gasteiger partial charge in [0.05, 0.1) is 6.42 Å². The Morgan fingerprint density at radius 3 is 0.653 bits per heavy atom. The molecule has 0 saturated heterocycles. The topological polar surface area (TPSA) is 107 Å². The monoisotopic (exact) mass is 1260 g/mol. The van der Waals surface area contributed by atoms with E-state index in [1.165, 1.54) is 0 Å². The van der Waals surface area contributed by atoms with Gasteiger partial charge in [0.15, 0.2) is 5.25 Å². The molecule has 7 nitrogen and oxygen atoms in total. The average Bonchev–Trinajstić information content (AvgIpc) is 3.13. The van der Waals surface area contributed by atoms with Crippen molar-refractivity contribution in [1.29, 1.82) is 0 Å². The minimum absolute atomic E-state index is 0. The van der Waals surface area contributed by atoms with Crippen LogP contribution in [0.4, 0.5) is 184 Å². The summed E-state index contributed by atoms with van der Waals surface area (Å²) in [4.78, 5) is 23.2. The molecule has 0 amide bonds. The Morgan fingerprint density at radius 1 is 0.320 bits per heavy atom.